The van der Waals surface area contributed by atoms with E-state index in [1.54, 1.807) is 0 Å². The van der Waals surface area contributed by atoms with Crippen LogP contribution >= 0.6 is 0 Å². The van der Waals surface area contributed by atoms with E-state index in [-0.39, 0.29) is 36.6 Å². The molecule has 0 amide bonds. The molecule has 0 N–H and O–H groups in total. The Morgan fingerprint density at radius 1 is 1.05 bits per heavy atom. The van der Waals surface area contributed by atoms with Gasteiger partial charge in [0, 0.05) is 26.2 Å². The van der Waals surface area contributed by atoms with E-state index < -0.39 is 10.2 Å². The second kappa shape index (κ2) is 6.20. The third kappa shape index (κ3) is 3.39. The number of hydrogen-bond donors (Lipinski definition) is 0. The number of rotatable bonds is 3. The first-order valence-corrected chi connectivity index (χ1v) is 8.64. The van der Waals surface area contributed by atoms with Gasteiger partial charge in [-0.2, -0.15) is 17.0 Å². The fourth-order valence-electron chi connectivity index (χ4n) is 3.05. The van der Waals surface area contributed by atoms with Gasteiger partial charge < -0.3 is 9.47 Å². The lowest BCUT2D eigenvalue weighted by Gasteiger charge is -2.36. The number of carbonyl (C=O) groups excluding carboxylic acids is 1. The van der Waals surface area contributed by atoms with Crippen LogP contribution in [-0.4, -0.2) is 68.5 Å². The molecule has 4 atom stereocenters. The van der Waals surface area contributed by atoms with Gasteiger partial charge in [-0.05, 0) is 19.8 Å². The third-order valence-corrected chi connectivity index (χ3v) is 6.02. The van der Waals surface area contributed by atoms with Gasteiger partial charge in [-0.1, -0.05) is 6.92 Å². The van der Waals surface area contributed by atoms with Crippen molar-refractivity contribution in [3.63, 3.8) is 0 Å². The normalized spacial score (nSPS) is 35.8. The van der Waals surface area contributed by atoms with Crippen molar-refractivity contribution in [3.05, 3.63) is 0 Å². The maximum atomic E-state index is 12.7. The largest absolute Gasteiger partial charge is 0.469 e. The fourth-order valence-corrected chi connectivity index (χ4v) is 4.95. The van der Waals surface area contributed by atoms with Crippen LogP contribution in [0.1, 0.15) is 20.8 Å². The van der Waals surface area contributed by atoms with E-state index in [4.69, 9.17) is 9.47 Å². The lowest BCUT2D eigenvalue weighted by molar-refractivity contribution is -0.145. The summed E-state index contributed by atoms with van der Waals surface area (Å²) in [5.74, 6) is -0.771. The lowest BCUT2D eigenvalue weighted by atomic mass is 9.99. The molecular weight excluding hydrogens is 296 g/mol. The van der Waals surface area contributed by atoms with Gasteiger partial charge >= 0.3 is 5.97 Å². The van der Waals surface area contributed by atoms with Crippen LogP contribution in [0.4, 0.5) is 0 Å². The van der Waals surface area contributed by atoms with Crippen molar-refractivity contribution in [3.8, 4) is 0 Å². The van der Waals surface area contributed by atoms with Crippen LogP contribution in [-0.2, 0) is 24.5 Å². The predicted molar refractivity (Wildman–Crippen MR) is 76.7 cm³/mol. The minimum Gasteiger partial charge on any atom is -0.469 e. The Morgan fingerprint density at radius 2 is 1.57 bits per heavy atom. The van der Waals surface area contributed by atoms with Gasteiger partial charge in [0.25, 0.3) is 10.2 Å². The summed E-state index contributed by atoms with van der Waals surface area (Å²) in [5.41, 5.74) is 0. The number of nitrogens with zero attached hydrogens (tertiary/aromatic N) is 2. The van der Waals surface area contributed by atoms with Crippen LogP contribution in [0.3, 0.4) is 0 Å². The minimum absolute atomic E-state index is 0.0388. The molecule has 2 aliphatic heterocycles. The summed E-state index contributed by atoms with van der Waals surface area (Å²) in [4.78, 5) is 11.7. The predicted octanol–water partition coefficient (Wildman–Crippen LogP) is 0.0813. The Hall–Kier alpha value is -0.700. The number of ether oxygens (including phenoxy) is 2. The molecule has 0 spiro atoms. The minimum atomic E-state index is -3.56. The molecule has 2 fully saturated rings. The van der Waals surface area contributed by atoms with Crippen LogP contribution in [0, 0.1) is 11.8 Å². The zero-order chi connectivity index (χ0) is 15.8. The van der Waals surface area contributed by atoms with Crippen LogP contribution in [0.5, 0.6) is 0 Å². The van der Waals surface area contributed by atoms with Crippen molar-refractivity contribution in [1.82, 2.24) is 8.61 Å². The highest BCUT2D eigenvalue weighted by Crippen LogP contribution is 2.28. The highest BCUT2D eigenvalue weighted by atomic mass is 32.2. The Bertz CT molecular complexity index is 485. The molecule has 2 heterocycles. The van der Waals surface area contributed by atoms with Crippen molar-refractivity contribution in [2.75, 3.05) is 33.3 Å². The molecule has 7 nitrogen and oxygen atoms in total. The molecule has 2 rings (SSSR count). The zero-order valence-corrected chi connectivity index (χ0v) is 13.8. The number of morpholine rings is 1. The third-order valence-electron chi connectivity index (χ3n) is 4.12. The molecular formula is C13H24N2O5S. The molecule has 0 saturated carbocycles. The molecule has 0 bridgehead atoms. The first kappa shape index (κ1) is 16.7. The van der Waals surface area contributed by atoms with E-state index in [1.165, 1.54) is 15.7 Å². The fraction of sp³-hybridized carbons (Fsp3) is 0.923. The standard InChI is InChI=1S/C13H24N2O5S/c1-9-5-14(8-12(9)13(16)19-4)21(17,18)15-6-10(2)20-11(3)7-15/h9-12H,5-8H2,1-4H3. The topological polar surface area (TPSA) is 76.2 Å². The summed E-state index contributed by atoms with van der Waals surface area (Å²) in [6.07, 6.45) is -0.250. The molecule has 2 saturated heterocycles. The van der Waals surface area contributed by atoms with E-state index >= 15 is 0 Å². The Morgan fingerprint density at radius 3 is 2.10 bits per heavy atom. The van der Waals surface area contributed by atoms with Gasteiger partial charge in [0.15, 0.2) is 0 Å². The highest BCUT2D eigenvalue weighted by molar-refractivity contribution is 7.86. The van der Waals surface area contributed by atoms with Crippen LogP contribution in [0.2, 0.25) is 0 Å². The Labute approximate surface area is 126 Å². The molecule has 0 aromatic rings. The van der Waals surface area contributed by atoms with Gasteiger partial charge in [0.2, 0.25) is 0 Å². The maximum absolute atomic E-state index is 12.7. The highest BCUT2D eigenvalue weighted by Gasteiger charge is 2.44. The zero-order valence-electron chi connectivity index (χ0n) is 13.0. The average Bonchev–Trinajstić information content (AvgIpc) is 2.79. The van der Waals surface area contributed by atoms with Crippen molar-refractivity contribution in [1.29, 1.82) is 0 Å². The quantitative estimate of drug-likeness (QED) is 0.689. The second-order valence-electron chi connectivity index (χ2n) is 6.01. The van der Waals surface area contributed by atoms with E-state index in [0.29, 0.717) is 19.6 Å². The first-order chi connectivity index (χ1) is 9.75. The lowest BCUT2D eigenvalue weighted by Crippen LogP contribution is -2.52. The SMILES string of the molecule is COC(=O)C1CN(S(=O)(=O)N2CC(C)OC(C)C2)CC1C. The average molecular weight is 320 g/mol. The first-order valence-electron chi connectivity index (χ1n) is 7.24. The van der Waals surface area contributed by atoms with Crippen LogP contribution in [0.25, 0.3) is 0 Å². The molecule has 0 aromatic carbocycles. The molecule has 0 aliphatic carbocycles. The summed E-state index contributed by atoms with van der Waals surface area (Å²) in [7, 11) is -2.23. The van der Waals surface area contributed by atoms with Crippen LogP contribution in [0.15, 0.2) is 0 Å². The van der Waals surface area contributed by atoms with E-state index in [2.05, 4.69) is 0 Å². The van der Waals surface area contributed by atoms with Gasteiger partial charge in [-0.3, -0.25) is 4.79 Å². The summed E-state index contributed by atoms with van der Waals surface area (Å²) >= 11 is 0. The number of methoxy groups -OCH3 is 1. The molecule has 0 radical (unpaired) electrons. The van der Waals surface area contributed by atoms with Crippen LogP contribution < -0.4 is 0 Å². The molecule has 21 heavy (non-hydrogen) atoms. The van der Waals surface area contributed by atoms with Gasteiger partial charge in [-0.15, -0.1) is 0 Å². The summed E-state index contributed by atoms with van der Waals surface area (Å²) in [5, 5.41) is 0. The van der Waals surface area contributed by atoms with E-state index in [0.717, 1.165) is 0 Å². The maximum Gasteiger partial charge on any atom is 0.310 e. The molecule has 122 valence electrons. The summed E-state index contributed by atoms with van der Waals surface area (Å²) in [6.45, 7) is 6.84. The summed E-state index contributed by atoms with van der Waals surface area (Å²) < 4.78 is 38.6. The van der Waals surface area contributed by atoms with E-state index in [9.17, 15) is 13.2 Å². The molecule has 0 aromatic heterocycles. The van der Waals surface area contributed by atoms with Gasteiger partial charge in [0.1, 0.15) is 0 Å². The second-order valence-corrected chi connectivity index (χ2v) is 7.93. The molecule has 8 heteroatoms. The van der Waals surface area contributed by atoms with Gasteiger partial charge in [0.05, 0.1) is 25.2 Å². The van der Waals surface area contributed by atoms with Crippen molar-refractivity contribution < 1.29 is 22.7 Å². The number of esters is 1. The molecule has 2 aliphatic rings. The number of carbonyl (C=O) groups is 1. The summed E-state index contributed by atoms with van der Waals surface area (Å²) in [6, 6.07) is 0. The van der Waals surface area contributed by atoms with E-state index in [1.807, 2.05) is 20.8 Å². The molecule has 4 unspecified atom stereocenters. The Kier molecular flexibility index (Phi) is 4.92. The smallest absolute Gasteiger partial charge is 0.310 e. The van der Waals surface area contributed by atoms with Crippen molar-refractivity contribution >= 4 is 16.2 Å². The Balaban J connectivity index is 2.12. The van der Waals surface area contributed by atoms with Gasteiger partial charge in [-0.25, -0.2) is 0 Å². The number of hydrogen-bond acceptors (Lipinski definition) is 5. The monoisotopic (exact) mass is 320 g/mol. The van der Waals surface area contributed by atoms with Crippen molar-refractivity contribution in [2.45, 2.75) is 33.0 Å². The van der Waals surface area contributed by atoms with Crippen molar-refractivity contribution in [2.24, 2.45) is 11.8 Å².